The van der Waals surface area contributed by atoms with Crippen molar-refractivity contribution in [2.45, 2.75) is 43.8 Å². The number of aromatic amines is 1. The second-order valence-corrected chi connectivity index (χ2v) is 8.07. The van der Waals surface area contributed by atoms with E-state index in [1.54, 1.807) is 6.20 Å². The molecule has 1 aromatic heterocycles. The van der Waals surface area contributed by atoms with Crippen molar-refractivity contribution >= 4 is 40.6 Å². The number of aliphatic carboxylic acids is 2. The maximum atomic E-state index is 13.4. The predicted octanol–water partition coefficient (Wildman–Crippen LogP) is -0.811. The molecule has 1 aromatic carbocycles. The van der Waals surface area contributed by atoms with E-state index >= 15 is 0 Å². The van der Waals surface area contributed by atoms with E-state index in [4.69, 9.17) is 10.8 Å². The minimum atomic E-state index is -1.46. The molecular formula is C22H27N5O7. The summed E-state index contributed by atoms with van der Waals surface area (Å²) in [6.45, 7) is -0.228. The highest BCUT2D eigenvalue weighted by molar-refractivity contribution is 5.96. The van der Waals surface area contributed by atoms with Gasteiger partial charge in [-0.25, -0.2) is 4.79 Å². The zero-order valence-corrected chi connectivity index (χ0v) is 18.3. The maximum Gasteiger partial charge on any atom is 0.326 e. The number of carboxylic acids is 2. The van der Waals surface area contributed by atoms with Crippen molar-refractivity contribution in [3.8, 4) is 0 Å². The molecule has 34 heavy (non-hydrogen) atoms. The number of fused-ring (bicyclic) bond motifs is 1. The molecule has 182 valence electrons. The molecular weight excluding hydrogens is 446 g/mol. The van der Waals surface area contributed by atoms with Crippen LogP contribution in [-0.4, -0.2) is 81.0 Å². The summed E-state index contributed by atoms with van der Waals surface area (Å²) >= 11 is 0. The molecule has 1 aliphatic heterocycles. The number of benzene rings is 1. The summed E-state index contributed by atoms with van der Waals surface area (Å²) < 4.78 is 0. The topological polar surface area (TPSA) is 195 Å². The lowest BCUT2D eigenvalue weighted by Crippen LogP contribution is -2.57. The molecule has 3 atom stereocenters. The molecule has 3 unspecified atom stereocenters. The van der Waals surface area contributed by atoms with Crippen LogP contribution in [0.5, 0.6) is 0 Å². The lowest BCUT2D eigenvalue weighted by molar-refractivity contribution is -0.149. The van der Waals surface area contributed by atoms with E-state index in [0.717, 1.165) is 10.9 Å². The van der Waals surface area contributed by atoms with Crippen molar-refractivity contribution < 1.29 is 34.2 Å². The first-order valence-corrected chi connectivity index (χ1v) is 10.8. The van der Waals surface area contributed by atoms with E-state index in [0.29, 0.717) is 18.4 Å². The van der Waals surface area contributed by atoms with E-state index < -0.39 is 60.8 Å². The third-order valence-electron chi connectivity index (χ3n) is 5.75. The van der Waals surface area contributed by atoms with Crippen molar-refractivity contribution in [2.24, 2.45) is 5.73 Å². The molecule has 1 fully saturated rings. The molecule has 2 heterocycles. The van der Waals surface area contributed by atoms with Crippen molar-refractivity contribution in [3.05, 3.63) is 36.0 Å². The number of H-pyrrole nitrogens is 1. The fourth-order valence-corrected chi connectivity index (χ4v) is 4.12. The molecule has 1 saturated heterocycles. The first kappa shape index (κ1) is 24.7. The molecule has 2 aromatic rings. The molecule has 0 spiro atoms. The Morgan fingerprint density at radius 2 is 1.85 bits per heavy atom. The fraction of sp³-hybridized carbons (Fsp3) is 0.409. The molecule has 0 bridgehead atoms. The second kappa shape index (κ2) is 10.8. The van der Waals surface area contributed by atoms with Gasteiger partial charge in [-0.1, -0.05) is 18.2 Å². The standard InChI is InChI=1S/C22H27N5O7/c23-10-18(28)25-15(9-19(29)30)20(31)26-16(21(32)27-7-3-6-17(27)22(33)34)8-12-11-24-14-5-2-1-4-13(12)14/h1-2,4-5,11,15-17,24H,3,6-10,23H2,(H,25,28)(H,26,31)(H,29,30)(H,33,34). The van der Waals surface area contributed by atoms with Crippen LogP contribution in [0.25, 0.3) is 10.9 Å². The van der Waals surface area contributed by atoms with Gasteiger partial charge in [0.15, 0.2) is 0 Å². The van der Waals surface area contributed by atoms with Crippen molar-refractivity contribution in [3.63, 3.8) is 0 Å². The van der Waals surface area contributed by atoms with Gasteiger partial charge >= 0.3 is 11.9 Å². The van der Waals surface area contributed by atoms with Gasteiger partial charge in [-0.15, -0.1) is 0 Å². The summed E-state index contributed by atoms with van der Waals surface area (Å²) in [6.07, 6.45) is 1.81. The normalized spacial score (nSPS) is 17.2. The first-order valence-electron chi connectivity index (χ1n) is 10.8. The zero-order chi connectivity index (χ0) is 24.8. The highest BCUT2D eigenvalue weighted by Gasteiger charge is 2.38. The molecule has 3 amide bonds. The Kier molecular flexibility index (Phi) is 7.84. The van der Waals surface area contributed by atoms with Crippen LogP contribution in [0.1, 0.15) is 24.8 Å². The summed E-state index contributed by atoms with van der Waals surface area (Å²) in [6, 6.07) is 3.70. The van der Waals surface area contributed by atoms with Gasteiger partial charge in [0, 0.05) is 30.1 Å². The molecule has 7 N–H and O–H groups in total. The van der Waals surface area contributed by atoms with Crippen LogP contribution in [0.15, 0.2) is 30.5 Å². The van der Waals surface area contributed by atoms with Crippen LogP contribution >= 0.6 is 0 Å². The lowest BCUT2D eigenvalue weighted by Gasteiger charge is -2.28. The van der Waals surface area contributed by atoms with Gasteiger partial charge in [0.1, 0.15) is 18.1 Å². The Hall–Kier alpha value is -3.93. The Labute approximate surface area is 194 Å². The number of aromatic nitrogens is 1. The molecule has 0 saturated carbocycles. The number of hydrogen-bond acceptors (Lipinski definition) is 6. The maximum absolute atomic E-state index is 13.4. The van der Waals surface area contributed by atoms with Crippen molar-refractivity contribution in [2.75, 3.05) is 13.1 Å². The molecule has 12 heteroatoms. The zero-order valence-electron chi connectivity index (χ0n) is 18.3. The van der Waals surface area contributed by atoms with Crippen LogP contribution in [-0.2, 0) is 30.4 Å². The van der Waals surface area contributed by atoms with Crippen LogP contribution in [0.3, 0.4) is 0 Å². The van der Waals surface area contributed by atoms with Crippen LogP contribution < -0.4 is 16.4 Å². The van der Waals surface area contributed by atoms with Crippen molar-refractivity contribution in [1.82, 2.24) is 20.5 Å². The number of likely N-dealkylation sites (tertiary alicyclic amines) is 1. The Bertz CT molecular complexity index is 1100. The number of nitrogens with two attached hydrogens (primary N) is 1. The quantitative estimate of drug-likeness (QED) is 0.258. The van der Waals surface area contributed by atoms with Crippen LogP contribution in [0.4, 0.5) is 0 Å². The highest BCUT2D eigenvalue weighted by atomic mass is 16.4. The van der Waals surface area contributed by atoms with Gasteiger partial charge in [0.2, 0.25) is 17.7 Å². The molecule has 0 radical (unpaired) electrons. The van der Waals surface area contributed by atoms with Gasteiger partial charge in [-0.05, 0) is 24.5 Å². The average molecular weight is 473 g/mol. The first-order chi connectivity index (χ1) is 16.2. The van der Waals surface area contributed by atoms with E-state index in [1.165, 1.54) is 4.90 Å². The number of amides is 3. The Morgan fingerprint density at radius 3 is 2.53 bits per heavy atom. The third kappa shape index (κ3) is 5.70. The Morgan fingerprint density at radius 1 is 1.12 bits per heavy atom. The lowest BCUT2D eigenvalue weighted by atomic mass is 10.0. The Balaban J connectivity index is 1.89. The van der Waals surface area contributed by atoms with E-state index in [1.807, 2.05) is 24.3 Å². The monoisotopic (exact) mass is 473 g/mol. The molecule has 3 rings (SSSR count). The van der Waals surface area contributed by atoms with Gasteiger partial charge < -0.3 is 36.5 Å². The van der Waals surface area contributed by atoms with E-state index in [9.17, 15) is 29.1 Å². The summed E-state index contributed by atoms with van der Waals surface area (Å²) in [5.41, 5.74) is 6.79. The number of nitrogens with zero attached hydrogens (tertiary/aromatic N) is 1. The minimum Gasteiger partial charge on any atom is -0.481 e. The fourth-order valence-electron chi connectivity index (χ4n) is 4.12. The summed E-state index contributed by atoms with van der Waals surface area (Å²) in [5.74, 6) is -4.67. The third-order valence-corrected chi connectivity index (χ3v) is 5.75. The van der Waals surface area contributed by atoms with Gasteiger partial charge in [-0.3, -0.25) is 19.2 Å². The largest absolute Gasteiger partial charge is 0.481 e. The molecule has 1 aliphatic rings. The average Bonchev–Trinajstić information content (AvgIpc) is 3.45. The van der Waals surface area contributed by atoms with Gasteiger partial charge in [-0.2, -0.15) is 0 Å². The smallest absolute Gasteiger partial charge is 0.326 e. The van der Waals surface area contributed by atoms with Gasteiger partial charge in [0.25, 0.3) is 0 Å². The number of nitrogens with one attached hydrogen (secondary N) is 3. The number of para-hydroxylation sites is 1. The second-order valence-electron chi connectivity index (χ2n) is 8.07. The summed E-state index contributed by atoms with van der Waals surface area (Å²) in [7, 11) is 0. The highest BCUT2D eigenvalue weighted by Crippen LogP contribution is 2.23. The van der Waals surface area contributed by atoms with Gasteiger partial charge in [0.05, 0.1) is 13.0 Å². The molecule has 12 nitrogen and oxygen atoms in total. The van der Waals surface area contributed by atoms with E-state index in [2.05, 4.69) is 15.6 Å². The summed E-state index contributed by atoms with van der Waals surface area (Å²) in [5, 5.41) is 24.2. The van der Waals surface area contributed by atoms with Crippen LogP contribution in [0.2, 0.25) is 0 Å². The number of rotatable bonds is 10. The predicted molar refractivity (Wildman–Crippen MR) is 120 cm³/mol. The number of carbonyl (C=O) groups excluding carboxylic acids is 3. The number of hydrogen-bond donors (Lipinski definition) is 6. The van der Waals surface area contributed by atoms with E-state index in [-0.39, 0.29) is 13.0 Å². The van der Waals surface area contributed by atoms with Crippen LogP contribution in [0, 0.1) is 0 Å². The number of carbonyl (C=O) groups is 5. The molecule has 0 aliphatic carbocycles. The minimum absolute atomic E-state index is 0.0298. The number of carboxylic acid groups (broad SMARTS) is 2. The SMILES string of the molecule is NCC(=O)NC(CC(=O)O)C(=O)NC(Cc1c[nH]c2ccccc12)C(=O)N1CCCC1C(=O)O. The summed E-state index contributed by atoms with van der Waals surface area (Å²) in [4.78, 5) is 65.2. The van der Waals surface area contributed by atoms with Crippen molar-refractivity contribution in [1.29, 1.82) is 0 Å².